The van der Waals surface area contributed by atoms with E-state index in [-0.39, 0.29) is 18.2 Å². The van der Waals surface area contributed by atoms with Crippen LogP contribution in [-0.4, -0.2) is 41.7 Å². The van der Waals surface area contributed by atoms with E-state index in [4.69, 9.17) is 0 Å². The van der Waals surface area contributed by atoms with E-state index in [1.807, 2.05) is 11.6 Å². The van der Waals surface area contributed by atoms with E-state index in [9.17, 15) is 14.4 Å². The molecule has 1 aliphatic rings. The number of amides is 4. The first kappa shape index (κ1) is 16.8. The van der Waals surface area contributed by atoms with Crippen molar-refractivity contribution in [2.24, 2.45) is 0 Å². The maximum atomic E-state index is 11.7. The lowest BCUT2D eigenvalue weighted by Crippen LogP contribution is -2.32. The first-order chi connectivity index (χ1) is 10.6. The van der Waals surface area contributed by atoms with Crippen LogP contribution in [0.15, 0.2) is 5.38 Å². The molecule has 22 heavy (non-hydrogen) atoms. The van der Waals surface area contributed by atoms with Crippen molar-refractivity contribution in [1.82, 2.24) is 20.9 Å². The number of thiazole rings is 1. The number of nitrogens with one attached hydrogen (secondary N) is 3. The molecular formula is C13H18N4O3S2. The standard InChI is InChI=1S/C13H18N4O3S2/c1-21-7-11-15-8(6-22-11)4-5-14-10(18)3-2-9-12(19)17-13(20)16-9/h6,9H,2-5,7H2,1H3,(H,14,18)(H2,16,17,19,20)/t9-/m0/s1. The quantitative estimate of drug-likeness (QED) is 0.603. The van der Waals surface area contributed by atoms with Gasteiger partial charge in [0.15, 0.2) is 0 Å². The first-order valence-electron chi connectivity index (χ1n) is 6.88. The predicted molar refractivity (Wildman–Crippen MR) is 85.7 cm³/mol. The zero-order valence-electron chi connectivity index (χ0n) is 12.2. The van der Waals surface area contributed by atoms with Gasteiger partial charge in [-0.3, -0.25) is 14.9 Å². The Balaban J connectivity index is 1.63. The molecule has 1 aliphatic heterocycles. The van der Waals surface area contributed by atoms with Crippen LogP contribution in [-0.2, 0) is 21.8 Å². The minimum absolute atomic E-state index is 0.131. The Labute approximate surface area is 136 Å². The van der Waals surface area contributed by atoms with Crippen molar-refractivity contribution >= 4 is 40.9 Å². The Morgan fingerprint density at radius 3 is 3.00 bits per heavy atom. The van der Waals surface area contributed by atoms with Crippen LogP contribution in [0, 0.1) is 0 Å². The molecule has 2 heterocycles. The number of thioether (sulfide) groups is 1. The second kappa shape index (κ2) is 8.14. The number of urea groups is 1. The number of nitrogens with zero attached hydrogens (tertiary/aromatic N) is 1. The van der Waals surface area contributed by atoms with Gasteiger partial charge in [0.05, 0.1) is 5.69 Å². The summed E-state index contributed by atoms with van der Waals surface area (Å²) in [6, 6.07) is -1.11. The largest absolute Gasteiger partial charge is 0.356 e. The molecule has 1 aromatic heterocycles. The summed E-state index contributed by atoms with van der Waals surface area (Å²) in [5.74, 6) is 0.404. The van der Waals surface area contributed by atoms with Crippen molar-refractivity contribution in [2.45, 2.75) is 31.1 Å². The molecular weight excluding hydrogens is 324 g/mol. The second-order valence-electron chi connectivity index (χ2n) is 4.82. The lowest BCUT2D eigenvalue weighted by atomic mass is 10.1. The zero-order chi connectivity index (χ0) is 15.9. The van der Waals surface area contributed by atoms with Crippen LogP contribution in [0.5, 0.6) is 0 Å². The average molecular weight is 342 g/mol. The van der Waals surface area contributed by atoms with E-state index in [1.165, 1.54) is 0 Å². The number of hydrogen-bond donors (Lipinski definition) is 3. The molecule has 0 aromatic carbocycles. The van der Waals surface area contributed by atoms with Crippen LogP contribution >= 0.6 is 23.1 Å². The van der Waals surface area contributed by atoms with Crippen LogP contribution in [0.3, 0.4) is 0 Å². The van der Waals surface area contributed by atoms with E-state index < -0.39 is 12.1 Å². The van der Waals surface area contributed by atoms with Gasteiger partial charge in [0.1, 0.15) is 11.0 Å². The highest BCUT2D eigenvalue weighted by Crippen LogP contribution is 2.15. The van der Waals surface area contributed by atoms with Gasteiger partial charge >= 0.3 is 6.03 Å². The highest BCUT2D eigenvalue weighted by atomic mass is 32.2. The SMILES string of the molecule is CSCc1nc(CCNC(=O)CC[C@@H]2NC(=O)NC2=O)cs1. The van der Waals surface area contributed by atoms with Gasteiger partial charge in [-0.05, 0) is 12.7 Å². The van der Waals surface area contributed by atoms with Crippen molar-refractivity contribution in [3.63, 3.8) is 0 Å². The van der Waals surface area contributed by atoms with Gasteiger partial charge in [-0.2, -0.15) is 11.8 Å². The minimum atomic E-state index is -0.606. The first-order valence-corrected chi connectivity index (χ1v) is 9.16. The number of hydrogen-bond acceptors (Lipinski definition) is 6. The van der Waals surface area contributed by atoms with Crippen LogP contribution in [0.25, 0.3) is 0 Å². The second-order valence-corrected chi connectivity index (χ2v) is 6.63. The molecule has 1 aromatic rings. The molecule has 0 spiro atoms. The van der Waals surface area contributed by atoms with Gasteiger partial charge in [-0.1, -0.05) is 0 Å². The highest BCUT2D eigenvalue weighted by molar-refractivity contribution is 7.97. The van der Waals surface area contributed by atoms with Gasteiger partial charge in [0.2, 0.25) is 5.91 Å². The Morgan fingerprint density at radius 2 is 2.32 bits per heavy atom. The molecule has 0 saturated carbocycles. The Kier molecular flexibility index (Phi) is 6.20. The summed E-state index contributed by atoms with van der Waals surface area (Å²) in [5, 5.41) is 10.5. The van der Waals surface area contributed by atoms with Crippen molar-refractivity contribution in [3.05, 3.63) is 16.1 Å². The molecule has 1 fully saturated rings. The van der Waals surface area contributed by atoms with Crippen molar-refractivity contribution < 1.29 is 14.4 Å². The van der Waals surface area contributed by atoms with Crippen LogP contribution in [0.2, 0.25) is 0 Å². The van der Waals surface area contributed by atoms with Crippen LogP contribution in [0.4, 0.5) is 4.79 Å². The van der Waals surface area contributed by atoms with Crippen LogP contribution < -0.4 is 16.0 Å². The summed E-state index contributed by atoms with van der Waals surface area (Å²) in [4.78, 5) is 38.4. The molecule has 4 amide bonds. The Bertz CT molecular complexity index is 561. The van der Waals surface area contributed by atoms with E-state index in [2.05, 4.69) is 20.9 Å². The lowest BCUT2D eigenvalue weighted by molar-refractivity contribution is -0.122. The smallest absolute Gasteiger partial charge is 0.322 e. The van der Waals surface area contributed by atoms with E-state index >= 15 is 0 Å². The molecule has 3 N–H and O–H groups in total. The average Bonchev–Trinajstić information content (AvgIpc) is 3.03. The van der Waals surface area contributed by atoms with Gasteiger partial charge < -0.3 is 10.6 Å². The summed E-state index contributed by atoms with van der Waals surface area (Å²) in [6.45, 7) is 0.518. The summed E-state index contributed by atoms with van der Waals surface area (Å²) < 4.78 is 0. The van der Waals surface area contributed by atoms with E-state index in [0.29, 0.717) is 19.4 Å². The molecule has 120 valence electrons. The number of aromatic nitrogens is 1. The summed E-state index contributed by atoms with van der Waals surface area (Å²) >= 11 is 3.36. The van der Waals surface area contributed by atoms with E-state index in [1.54, 1.807) is 23.1 Å². The van der Waals surface area contributed by atoms with Crippen molar-refractivity contribution in [2.75, 3.05) is 12.8 Å². The van der Waals surface area contributed by atoms with Gasteiger partial charge in [-0.15, -0.1) is 11.3 Å². The minimum Gasteiger partial charge on any atom is -0.356 e. The number of carbonyl (C=O) groups excluding carboxylic acids is 3. The molecule has 0 unspecified atom stereocenters. The summed E-state index contributed by atoms with van der Waals surface area (Å²) in [5.41, 5.74) is 0.983. The lowest BCUT2D eigenvalue weighted by Gasteiger charge is -2.07. The number of carbonyl (C=O) groups is 3. The van der Waals surface area contributed by atoms with Gasteiger partial charge in [0, 0.05) is 30.5 Å². The molecule has 0 radical (unpaired) electrons. The fourth-order valence-corrected chi connectivity index (χ4v) is 3.56. The fourth-order valence-electron chi connectivity index (χ4n) is 2.01. The maximum absolute atomic E-state index is 11.7. The monoisotopic (exact) mass is 342 g/mol. The maximum Gasteiger partial charge on any atom is 0.322 e. The summed E-state index contributed by atoms with van der Waals surface area (Å²) in [6.07, 6.45) is 3.23. The summed E-state index contributed by atoms with van der Waals surface area (Å²) in [7, 11) is 0. The number of imide groups is 1. The zero-order valence-corrected chi connectivity index (χ0v) is 13.8. The van der Waals surface area contributed by atoms with Crippen LogP contribution in [0.1, 0.15) is 23.5 Å². The van der Waals surface area contributed by atoms with E-state index in [0.717, 1.165) is 16.5 Å². The normalized spacial score (nSPS) is 17.2. The molecule has 0 bridgehead atoms. The third-order valence-electron chi connectivity index (χ3n) is 3.09. The van der Waals surface area contributed by atoms with Crippen molar-refractivity contribution in [1.29, 1.82) is 0 Å². The Morgan fingerprint density at radius 1 is 1.50 bits per heavy atom. The predicted octanol–water partition coefficient (Wildman–Crippen LogP) is 0.653. The molecule has 1 saturated heterocycles. The highest BCUT2D eigenvalue weighted by Gasteiger charge is 2.29. The molecule has 0 aliphatic carbocycles. The van der Waals surface area contributed by atoms with Gasteiger partial charge in [0.25, 0.3) is 5.91 Å². The molecule has 7 nitrogen and oxygen atoms in total. The topological polar surface area (TPSA) is 100 Å². The third-order valence-corrected chi connectivity index (χ3v) is 4.73. The fraction of sp³-hybridized carbons (Fsp3) is 0.538. The molecule has 9 heteroatoms. The third kappa shape index (κ3) is 4.99. The molecule has 1 atom stereocenters. The van der Waals surface area contributed by atoms with Crippen molar-refractivity contribution in [3.8, 4) is 0 Å². The Hall–Kier alpha value is -1.61. The molecule has 2 rings (SSSR count). The van der Waals surface area contributed by atoms with Gasteiger partial charge in [-0.25, -0.2) is 9.78 Å². The number of rotatable bonds is 8.